The van der Waals surface area contributed by atoms with Crippen molar-refractivity contribution in [2.24, 2.45) is 0 Å². The number of unbranched alkanes of at least 4 members (excludes halogenated alkanes) is 12. The minimum Gasteiger partial charge on any atom is -0.462 e. The van der Waals surface area contributed by atoms with E-state index in [4.69, 9.17) is 14.2 Å². The number of allylic oxidation sites excluding steroid dienone is 24. The van der Waals surface area contributed by atoms with Gasteiger partial charge in [-0.15, -0.1) is 0 Å². The van der Waals surface area contributed by atoms with Crippen molar-refractivity contribution in [2.75, 3.05) is 13.2 Å². The lowest BCUT2D eigenvalue weighted by Crippen LogP contribution is -2.30. The molecule has 1 atom stereocenters. The molecule has 0 rings (SSSR count). The van der Waals surface area contributed by atoms with E-state index < -0.39 is 6.10 Å². The lowest BCUT2D eigenvalue weighted by Gasteiger charge is -2.18. The van der Waals surface area contributed by atoms with Gasteiger partial charge in [0.25, 0.3) is 0 Å². The minimum atomic E-state index is -0.857. The maximum atomic E-state index is 12.8. The van der Waals surface area contributed by atoms with Gasteiger partial charge >= 0.3 is 17.9 Å². The Kier molecular flexibility index (Phi) is 52.1. The monoisotopic (exact) mass is 951 g/mol. The number of hydrogen-bond donors (Lipinski definition) is 0. The van der Waals surface area contributed by atoms with Gasteiger partial charge in [0, 0.05) is 19.3 Å². The molecule has 0 heterocycles. The molecular weight excluding hydrogens is 853 g/mol. The van der Waals surface area contributed by atoms with Gasteiger partial charge in [-0.2, -0.15) is 0 Å². The van der Waals surface area contributed by atoms with E-state index in [-0.39, 0.29) is 50.4 Å². The second-order valence-electron chi connectivity index (χ2n) is 17.4. The number of ether oxygens (including phenoxy) is 3. The van der Waals surface area contributed by atoms with Crippen LogP contribution in [0.2, 0.25) is 0 Å². The maximum Gasteiger partial charge on any atom is 0.306 e. The van der Waals surface area contributed by atoms with Crippen molar-refractivity contribution in [3.05, 3.63) is 146 Å². The molecule has 0 aliphatic heterocycles. The van der Waals surface area contributed by atoms with E-state index in [9.17, 15) is 14.4 Å². The zero-order valence-corrected chi connectivity index (χ0v) is 44.0. The third kappa shape index (κ3) is 54.1. The SMILES string of the molecule is CC/C=C\C/C=C\C/C=C\C/C=C\CCCCC(=O)O[C@H](COC(=O)CC/C=C\C/C=C\C/C=C\C/C=C\C/C=C\CCCCC)COC(=O)CCC/C=C\C/C=C\C/C=C\CCCCCCCC. The molecule has 0 aliphatic carbocycles. The van der Waals surface area contributed by atoms with Crippen molar-refractivity contribution in [1.29, 1.82) is 0 Å². The molecule has 0 fully saturated rings. The van der Waals surface area contributed by atoms with Crippen molar-refractivity contribution < 1.29 is 28.6 Å². The fourth-order valence-electron chi connectivity index (χ4n) is 6.72. The molecular formula is C63H98O6. The summed E-state index contributed by atoms with van der Waals surface area (Å²) in [5, 5.41) is 0. The van der Waals surface area contributed by atoms with Crippen LogP contribution >= 0.6 is 0 Å². The Labute approximate surface area is 423 Å². The van der Waals surface area contributed by atoms with Crippen LogP contribution in [0.1, 0.15) is 213 Å². The van der Waals surface area contributed by atoms with E-state index >= 15 is 0 Å². The largest absolute Gasteiger partial charge is 0.462 e. The third-order valence-corrected chi connectivity index (χ3v) is 10.8. The summed E-state index contributed by atoms with van der Waals surface area (Å²) in [4.78, 5) is 38.0. The molecule has 0 spiro atoms. The molecule has 0 aromatic rings. The highest BCUT2D eigenvalue weighted by Gasteiger charge is 2.19. The van der Waals surface area contributed by atoms with Crippen molar-refractivity contribution in [3.63, 3.8) is 0 Å². The molecule has 6 nitrogen and oxygen atoms in total. The van der Waals surface area contributed by atoms with E-state index in [0.717, 1.165) is 83.5 Å². The quantitative estimate of drug-likeness (QED) is 0.0262. The summed E-state index contributed by atoms with van der Waals surface area (Å²) in [5.74, 6) is -1.13. The number of rotatable bonds is 47. The van der Waals surface area contributed by atoms with Gasteiger partial charge in [0.15, 0.2) is 6.10 Å². The van der Waals surface area contributed by atoms with Gasteiger partial charge in [-0.1, -0.05) is 212 Å². The van der Waals surface area contributed by atoms with Crippen LogP contribution in [0.4, 0.5) is 0 Å². The zero-order valence-electron chi connectivity index (χ0n) is 44.0. The van der Waals surface area contributed by atoms with Crippen molar-refractivity contribution in [2.45, 2.75) is 219 Å². The van der Waals surface area contributed by atoms with Crippen molar-refractivity contribution in [1.82, 2.24) is 0 Å². The van der Waals surface area contributed by atoms with Crippen LogP contribution in [-0.4, -0.2) is 37.2 Å². The van der Waals surface area contributed by atoms with Gasteiger partial charge in [0.2, 0.25) is 0 Å². The first kappa shape index (κ1) is 64.3. The molecule has 69 heavy (non-hydrogen) atoms. The summed E-state index contributed by atoms with van der Waals surface area (Å²) >= 11 is 0. The Morgan fingerprint density at radius 3 is 1.04 bits per heavy atom. The number of carbonyl (C=O) groups is 3. The van der Waals surface area contributed by atoms with Crippen LogP contribution in [0.15, 0.2) is 146 Å². The van der Waals surface area contributed by atoms with Crippen molar-refractivity contribution in [3.8, 4) is 0 Å². The molecule has 0 saturated carbocycles. The Morgan fingerprint density at radius 2 is 0.609 bits per heavy atom. The van der Waals surface area contributed by atoms with Crippen LogP contribution in [0, 0.1) is 0 Å². The summed E-state index contributed by atoms with van der Waals surface area (Å²) in [6, 6.07) is 0. The molecule has 0 amide bonds. The second kappa shape index (κ2) is 55.9. The summed E-state index contributed by atoms with van der Waals surface area (Å²) < 4.78 is 16.7. The van der Waals surface area contributed by atoms with Gasteiger partial charge in [-0.05, 0) is 128 Å². The van der Waals surface area contributed by atoms with E-state index in [1.807, 2.05) is 12.2 Å². The van der Waals surface area contributed by atoms with E-state index in [2.05, 4.69) is 154 Å². The fraction of sp³-hybridized carbons (Fsp3) is 0.571. The molecule has 386 valence electrons. The van der Waals surface area contributed by atoms with Gasteiger partial charge in [-0.25, -0.2) is 0 Å². The van der Waals surface area contributed by atoms with Crippen LogP contribution in [0.25, 0.3) is 0 Å². The van der Waals surface area contributed by atoms with Crippen LogP contribution < -0.4 is 0 Å². The van der Waals surface area contributed by atoms with E-state index in [1.165, 1.54) is 70.6 Å². The Bertz CT molecular complexity index is 1560. The fourth-order valence-corrected chi connectivity index (χ4v) is 6.72. The first-order chi connectivity index (χ1) is 34.0. The lowest BCUT2D eigenvalue weighted by atomic mass is 10.1. The van der Waals surface area contributed by atoms with Crippen molar-refractivity contribution >= 4 is 17.9 Å². The molecule has 0 aromatic heterocycles. The predicted octanol–water partition coefficient (Wildman–Crippen LogP) is 18.4. The molecule has 0 aliphatic rings. The molecule has 0 aromatic carbocycles. The highest BCUT2D eigenvalue weighted by atomic mass is 16.6. The highest BCUT2D eigenvalue weighted by Crippen LogP contribution is 2.10. The average Bonchev–Trinajstić information content (AvgIpc) is 3.35. The number of hydrogen-bond acceptors (Lipinski definition) is 6. The van der Waals surface area contributed by atoms with Gasteiger partial charge in [-0.3, -0.25) is 14.4 Å². The average molecular weight is 951 g/mol. The Balaban J connectivity index is 4.66. The summed E-state index contributed by atoms with van der Waals surface area (Å²) in [7, 11) is 0. The smallest absolute Gasteiger partial charge is 0.306 e. The standard InChI is InChI=1S/C63H98O6/c1-4-7-10-13-16-19-22-25-28-30-31-33-36-38-41-44-47-50-53-56-62(65)68-59-60(69-63(66)57-54-51-48-45-42-39-34-27-24-21-18-15-12-9-6-3)58-67-61(64)55-52-49-46-43-40-37-35-32-29-26-23-20-17-14-11-8-5-2/h9,12,16,18-19,21,25-29,31,33-35,37-38,41-43,45-47,50,60H,4-8,10-11,13-15,17,20,22-24,30,32,36,39-40,44,48-49,51-59H2,1-3H3/b12-9-,19-16-,21-18-,28-25-,29-26-,33-31-,34-27-,37-35-,41-38-,45-42-,46-43-,50-47-/t60-/m0/s1. The van der Waals surface area contributed by atoms with Crippen LogP contribution in [-0.2, 0) is 28.6 Å². The first-order valence-corrected chi connectivity index (χ1v) is 27.3. The third-order valence-electron chi connectivity index (χ3n) is 10.8. The zero-order chi connectivity index (χ0) is 50.0. The topological polar surface area (TPSA) is 78.9 Å². The molecule has 6 heteroatoms. The molecule has 0 radical (unpaired) electrons. The Hall–Kier alpha value is -4.71. The normalized spacial score (nSPS) is 13.3. The van der Waals surface area contributed by atoms with E-state index in [1.54, 1.807) is 0 Å². The van der Waals surface area contributed by atoms with Gasteiger partial charge in [0.1, 0.15) is 13.2 Å². The Morgan fingerprint density at radius 1 is 0.304 bits per heavy atom. The van der Waals surface area contributed by atoms with Crippen LogP contribution in [0.3, 0.4) is 0 Å². The second-order valence-corrected chi connectivity index (χ2v) is 17.4. The number of esters is 3. The highest BCUT2D eigenvalue weighted by molar-refractivity contribution is 5.71. The van der Waals surface area contributed by atoms with Gasteiger partial charge in [0.05, 0.1) is 0 Å². The number of carbonyl (C=O) groups excluding carboxylic acids is 3. The first-order valence-electron chi connectivity index (χ1n) is 27.3. The molecule has 0 unspecified atom stereocenters. The van der Waals surface area contributed by atoms with E-state index in [0.29, 0.717) is 19.3 Å². The van der Waals surface area contributed by atoms with Gasteiger partial charge < -0.3 is 14.2 Å². The van der Waals surface area contributed by atoms with Crippen LogP contribution in [0.5, 0.6) is 0 Å². The minimum absolute atomic E-state index is 0.150. The summed E-state index contributed by atoms with van der Waals surface area (Å²) in [5.41, 5.74) is 0. The predicted molar refractivity (Wildman–Crippen MR) is 297 cm³/mol. The summed E-state index contributed by atoms with van der Waals surface area (Å²) in [6.07, 6.45) is 80.0. The molecule has 0 N–H and O–H groups in total. The lowest BCUT2D eigenvalue weighted by molar-refractivity contribution is -0.166. The molecule has 0 saturated heterocycles. The maximum absolute atomic E-state index is 12.8. The molecule has 0 bridgehead atoms. The summed E-state index contributed by atoms with van der Waals surface area (Å²) in [6.45, 7) is 6.32.